The smallest absolute Gasteiger partial charge is 0.222 e. The monoisotopic (exact) mass is 444 g/mol. The van der Waals surface area contributed by atoms with Gasteiger partial charge in [-0.2, -0.15) is 4.98 Å². The normalized spacial score (nSPS) is 10.9. The molecule has 0 radical (unpaired) electrons. The molecule has 0 aliphatic rings. The summed E-state index contributed by atoms with van der Waals surface area (Å²) in [6.07, 6.45) is -0.612. The van der Waals surface area contributed by atoms with Crippen molar-refractivity contribution in [1.29, 1.82) is 0 Å². The molecule has 150 valence electrons. The summed E-state index contributed by atoms with van der Waals surface area (Å²) in [6.45, 7) is 0.179. The zero-order chi connectivity index (χ0) is 19.6. The molecule has 0 saturated carbocycles. The Labute approximate surface area is 178 Å². The van der Waals surface area contributed by atoms with Crippen molar-refractivity contribution in [2.75, 3.05) is 25.7 Å². The molecule has 0 aliphatic heterocycles. The first-order valence-electron chi connectivity index (χ1n) is 7.92. The van der Waals surface area contributed by atoms with E-state index in [-0.39, 0.29) is 30.8 Å². The van der Waals surface area contributed by atoms with Gasteiger partial charge in [-0.05, 0) is 29.8 Å². The van der Waals surface area contributed by atoms with Crippen molar-refractivity contribution in [2.45, 2.75) is 12.9 Å². The van der Waals surface area contributed by atoms with Crippen LogP contribution in [0.3, 0.4) is 0 Å². The Kier molecular flexibility index (Phi) is 7.51. The fourth-order valence-electron chi connectivity index (χ4n) is 2.77. The highest BCUT2D eigenvalue weighted by Crippen LogP contribution is 2.33. The summed E-state index contributed by atoms with van der Waals surface area (Å²) < 4.78 is 16.7. The van der Waals surface area contributed by atoms with Crippen LogP contribution in [0.15, 0.2) is 30.3 Å². The molecule has 4 N–H and O–H groups in total. The first-order valence-corrected chi connectivity index (χ1v) is 8.68. The minimum atomic E-state index is -0.612. The van der Waals surface area contributed by atoms with Crippen LogP contribution >= 0.6 is 35.6 Å². The summed E-state index contributed by atoms with van der Waals surface area (Å²) in [5.74, 6) is 0.870. The summed E-state index contributed by atoms with van der Waals surface area (Å²) >= 11 is 12.3. The van der Waals surface area contributed by atoms with E-state index in [1.54, 1.807) is 30.3 Å². The molecule has 0 bridgehead atoms. The van der Waals surface area contributed by atoms with Crippen LogP contribution in [-0.2, 0) is 16.1 Å². The summed E-state index contributed by atoms with van der Waals surface area (Å²) in [4.78, 5) is 8.18. The first-order chi connectivity index (χ1) is 12.9. The number of methoxy groups -OCH3 is 2. The predicted molar refractivity (Wildman–Crippen MR) is 113 cm³/mol. The van der Waals surface area contributed by atoms with E-state index < -0.39 is 6.29 Å². The van der Waals surface area contributed by atoms with E-state index in [0.717, 1.165) is 5.56 Å². The molecular formula is C18H19Cl3N4O3. The molecule has 0 spiro atoms. The van der Waals surface area contributed by atoms with Gasteiger partial charge in [0, 0.05) is 19.8 Å². The average molecular weight is 446 g/mol. The Hall–Kier alpha value is -2.03. The lowest BCUT2D eigenvalue weighted by atomic mass is 10.1. The van der Waals surface area contributed by atoms with Gasteiger partial charge in [0.2, 0.25) is 5.95 Å². The molecule has 3 aromatic rings. The Balaban J connectivity index is 0.00000280. The Morgan fingerprint density at radius 3 is 2.39 bits per heavy atom. The Morgan fingerprint density at radius 1 is 1.04 bits per heavy atom. The zero-order valence-corrected chi connectivity index (χ0v) is 17.4. The van der Waals surface area contributed by atoms with Gasteiger partial charge in [-0.1, -0.05) is 29.3 Å². The standard InChI is InChI=1S/C18H18Cl2N4O3.ClH/c1-25-17(26-2)10-7-12(20)11(19)6-9(10)8-27-14-5-3-4-13-15(14)16(21)24-18(22)23-13;/h3-7,17H,8H2,1-2H3,(H4,21,22,23,24);1H. The molecule has 10 heteroatoms. The van der Waals surface area contributed by atoms with Crippen LogP contribution in [0.25, 0.3) is 10.9 Å². The number of nitrogens with two attached hydrogens (primary N) is 2. The van der Waals surface area contributed by atoms with Crippen molar-refractivity contribution in [3.05, 3.63) is 51.5 Å². The van der Waals surface area contributed by atoms with Crippen molar-refractivity contribution >= 4 is 58.3 Å². The van der Waals surface area contributed by atoms with E-state index in [2.05, 4.69) is 9.97 Å². The third kappa shape index (κ3) is 4.51. The van der Waals surface area contributed by atoms with E-state index in [0.29, 0.717) is 32.3 Å². The topological polar surface area (TPSA) is 106 Å². The number of nitrogens with zero attached hydrogens (tertiary/aromatic N) is 2. The second-order valence-corrected chi connectivity index (χ2v) is 6.49. The van der Waals surface area contributed by atoms with Crippen LogP contribution in [0.1, 0.15) is 17.4 Å². The van der Waals surface area contributed by atoms with Crippen LogP contribution in [0.4, 0.5) is 11.8 Å². The average Bonchev–Trinajstić information content (AvgIpc) is 2.63. The molecule has 0 atom stereocenters. The van der Waals surface area contributed by atoms with Gasteiger partial charge in [-0.15, -0.1) is 12.4 Å². The third-order valence-corrected chi connectivity index (χ3v) is 4.70. The molecular weight excluding hydrogens is 427 g/mol. The summed E-state index contributed by atoms with van der Waals surface area (Å²) in [5, 5.41) is 1.38. The number of anilines is 2. The number of benzene rings is 2. The summed E-state index contributed by atoms with van der Waals surface area (Å²) in [6, 6.07) is 8.77. The molecule has 2 aromatic carbocycles. The largest absolute Gasteiger partial charge is 0.488 e. The number of ether oxygens (including phenoxy) is 3. The molecule has 0 fully saturated rings. The Bertz CT molecular complexity index is 984. The van der Waals surface area contributed by atoms with Crippen molar-refractivity contribution in [1.82, 2.24) is 9.97 Å². The molecule has 7 nitrogen and oxygen atoms in total. The maximum absolute atomic E-state index is 6.17. The van der Waals surface area contributed by atoms with Crippen molar-refractivity contribution in [3.63, 3.8) is 0 Å². The van der Waals surface area contributed by atoms with E-state index in [4.69, 9.17) is 48.9 Å². The minimum absolute atomic E-state index is 0. The van der Waals surface area contributed by atoms with Gasteiger partial charge >= 0.3 is 0 Å². The fraction of sp³-hybridized carbons (Fsp3) is 0.222. The molecule has 28 heavy (non-hydrogen) atoms. The van der Waals surface area contributed by atoms with E-state index >= 15 is 0 Å². The van der Waals surface area contributed by atoms with Crippen LogP contribution < -0.4 is 16.2 Å². The maximum Gasteiger partial charge on any atom is 0.222 e. The number of halogens is 3. The minimum Gasteiger partial charge on any atom is -0.488 e. The van der Waals surface area contributed by atoms with Gasteiger partial charge < -0.3 is 25.7 Å². The SMILES string of the molecule is COC(OC)c1cc(Cl)c(Cl)cc1COc1cccc2nc(N)nc(N)c12.Cl. The zero-order valence-electron chi connectivity index (χ0n) is 15.1. The molecule has 0 saturated heterocycles. The van der Waals surface area contributed by atoms with Gasteiger partial charge in [0.05, 0.1) is 20.9 Å². The lowest BCUT2D eigenvalue weighted by molar-refractivity contribution is -0.106. The summed E-state index contributed by atoms with van der Waals surface area (Å²) in [5.41, 5.74) is 13.7. The van der Waals surface area contributed by atoms with Gasteiger partial charge in [0.25, 0.3) is 0 Å². The Morgan fingerprint density at radius 2 is 1.71 bits per heavy atom. The van der Waals surface area contributed by atoms with Crippen molar-refractivity contribution in [2.24, 2.45) is 0 Å². The molecule has 1 heterocycles. The van der Waals surface area contributed by atoms with Gasteiger partial charge in [0.15, 0.2) is 6.29 Å². The van der Waals surface area contributed by atoms with Gasteiger partial charge in [-0.25, -0.2) is 4.98 Å². The van der Waals surface area contributed by atoms with Crippen molar-refractivity contribution in [3.8, 4) is 5.75 Å². The number of nitrogen functional groups attached to an aromatic ring is 2. The van der Waals surface area contributed by atoms with Crippen LogP contribution in [-0.4, -0.2) is 24.2 Å². The second kappa shape index (κ2) is 9.45. The molecule has 1 aromatic heterocycles. The first kappa shape index (κ1) is 22.3. The number of hydrogen-bond donors (Lipinski definition) is 2. The number of aromatic nitrogens is 2. The summed E-state index contributed by atoms with van der Waals surface area (Å²) in [7, 11) is 3.07. The van der Waals surface area contributed by atoms with E-state index in [9.17, 15) is 0 Å². The molecule has 0 aliphatic carbocycles. The fourth-order valence-corrected chi connectivity index (χ4v) is 3.13. The molecule has 0 unspecified atom stereocenters. The number of hydrogen-bond acceptors (Lipinski definition) is 7. The highest BCUT2D eigenvalue weighted by Gasteiger charge is 2.18. The highest BCUT2D eigenvalue weighted by molar-refractivity contribution is 6.42. The van der Waals surface area contributed by atoms with E-state index in [1.165, 1.54) is 14.2 Å². The third-order valence-electron chi connectivity index (χ3n) is 3.98. The quantitative estimate of drug-likeness (QED) is 0.542. The van der Waals surface area contributed by atoms with Crippen molar-refractivity contribution < 1.29 is 14.2 Å². The highest BCUT2D eigenvalue weighted by atomic mass is 35.5. The molecule has 0 amide bonds. The molecule has 3 rings (SSSR count). The van der Waals surface area contributed by atoms with Gasteiger partial charge in [0.1, 0.15) is 18.2 Å². The second-order valence-electron chi connectivity index (χ2n) is 5.67. The lowest BCUT2D eigenvalue weighted by Gasteiger charge is -2.19. The maximum atomic E-state index is 6.17. The van der Waals surface area contributed by atoms with Crippen LogP contribution in [0, 0.1) is 0 Å². The van der Waals surface area contributed by atoms with Gasteiger partial charge in [-0.3, -0.25) is 0 Å². The lowest BCUT2D eigenvalue weighted by Crippen LogP contribution is -2.10. The predicted octanol–water partition coefficient (Wildman–Crippen LogP) is 4.39. The number of rotatable bonds is 6. The van der Waals surface area contributed by atoms with E-state index in [1.807, 2.05) is 0 Å². The number of fused-ring (bicyclic) bond motifs is 1. The van der Waals surface area contributed by atoms with Crippen LogP contribution in [0.5, 0.6) is 5.75 Å². The van der Waals surface area contributed by atoms with Crippen LogP contribution in [0.2, 0.25) is 10.0 Å².